The molecule has 1 aromatic rings. The molecule has 20 heavy (non-hydrogen) atoms. The molecule has 0 radical (unpaired) electrons. The summed E-state index contributed by atoms with van der Waals surface area (Å²) in [6.45, 7) is 7.04. The van der Waals surface area contributed by atoms with Crippen LogP contribution in [-0.2, 0) is 17.6 Å². The Morgan fingerprint density at radius 3 is 2.50 bits per heavy atom. The Balaban J connectivity index is 1.79. The minimum absolute atomic E-state index is 0.620. The zero-order valence-electron chi connectivity index (χ0n) is 12.5. The molecule has 2 heterocycles. The second kappa shape index (κ2) is 6.04. The summed E-state index contributed by atoms with van der Waals surface area (Å²) in [4.78, 5) is 7.14. The summed E-state index contributed by atoms with van der Waals surface area (Å²) in [5, 5.41) is 8.77. The first-order chi connectivity index (χ1) is 9.81. The highest BCUT2D eigenvalue weighted by atomic mass is 16.5. The van der Waals surface area contributed by atoms with Crippen LogP contribution in [0.4, 0.5) is 5.95 Å². The van der Waals surface area contributed by atoms with Gasteiger partial charge in [-0.15, -0.1) is 5.10 Å². The molecule has 1 aromatic heterocycles. The van der Waals surface area contributed by atoms with Gasteiger partial charge in [-0.3, -0.25) is 0 Å². The van der Waals surface area contributed by atoms with Gasteiger partial charge in [0.25, 0.3) is 0 Å². The van der Waals surface area contributed by atoms with Crippen LogP contribution in [0.15, 0.2) is 0 Å². The molecule has 1 aliphatic carbocycles. The van der Waals surface area contributed by atoms with Crippen molar-refractivity contribution in [3.05, 3.63) is 11.4 Å². The van der Waals surface area contributed by atoms with E-state index in [9.17, 15) is 0 Å². The van der Waals surface area contributed by atoms with Gasteiger partial charge in [0.15, 0.2) is 0 Å². The number of rotatable bonds is 6. The van der Waals surface area contributed by atoms with Crippen LogP contribution in [0.1, 0.15) is 44.5 Å². The Labute approximate surface area is 120 Å². The van der Waals surface area contributed by atoms with Gasteiger partial charge in [-0.2, -0.15) is 5.10 Å². The molecule has 110 valence electrons. The van der Waals surface area contributed by atoms with Crippen molar-refractivity contribution < 1.29 is 4.74 Å². The molecule has 5 heteroatoms. The summed E-state index contributed by atoms with van der Waals surface area (Å²) in [5.74, 6) is 1.45. The molecule has 1 saturated carbocycles. The van der Waals surface area contributed by atoms with E-state index in [1.54, 1.807) is 0 Å². The monoisotopic (exact) mass is 276 g/mol. The number of aryl methyl sites for hydroxylation is 2. The second-order valence-electron chi connectivity index (χ2n) is 5.83. The Hall–Kier alpha value is -1.23. The van der Waals surface area contributed by atoms with Gasteiger partial charge >= 0.3 is 0 Å². The first-order valence-corrected chi connectivity index (χ1v) is 7.88. The summed E-state index contributed by atoms with van der Waals surface area (Å²) in [7, 11) is 0. The van der Waals surface area contributed by atoms with Gasteiger partial charge in [-0.1, -0.05) is 13.8 Å². The SMILES string of the molecule is CCc1nnc(N(CC2CCOC2)C2CC2)nc1CC. The fourth-order valence-electron chi connectivity index (χ4n) is 2.84. The van der Waals surface area contributed by atoms with Gasteiger partial charge in [0.1, 0.15) is 0 Å². The molecule has 0 amide bonds. The Bertz CT molecular complexity index is 455. The van der Waals surface area contributed by atoms with E-state index in [0.29, 0.717) is 12.0 Å². The molecule has 3 rings (SSSR count). The zero-order valence-corrected chi connectivity index (χ0v) is 12.5. The van der Waals surface area contributed by atoms with E-state index in [2.05, 4.69) is 28.9 Å². The maximum Gasteiger partial charge on any atom is 0.245 e. The number of ether oxygens (including phenoxy) is 1. The molecule has 0 N–H and O–H groups in total. The highest BCUT2D eigenvalue weighted by molar-refractivity contribution is 5.34. The van der Waals surface area contributed by atoms with E-state index in [0.717, 1.165) is 56.4 Å². The Kier molecular flexibility index (Phi) is 4.15. The van der Waals surface area contributed by atoms with Crippen molar-refractivity contribution in [2.45, 2.75) is 52.0 Å². The molecule has 2 fully saturated rings. The predicted molar refractivity (Wildman–Crippen MR) is 77.9 cm³/mol. The van der Waals surface area contributed by atoms with Crippen molar-refractivity contribution in [2.75, 3.05) is 24.7 Å². The van der Waals surface area contributed by atoms with Gasteiger partial charge in [-0.05, 0) is 32.1 Å². The number of hydrogen-bond acceptors (Lipinski definition) is 5. The Morgan fingerprint density at radius 2 is 1.90 bits per heavy atom. The topological polar surface area (TPSA) is 51.1 Å². The number of nitrogens with zero attached hydrogens (tertiary/aromatic N) is 4. The largest absolute Gasteiger partial charge is 0.381 e. The van der Waals surface area contributed by atoms with E-state index < -0.39 is 0 Å². The number of anilines is 1. The fourth-order valence-corrected chi connectivity index (χ4v) is 2.84. The van der Waals surface area contributed by atoms with Gasteiger partial charge in [0, 0.05) is 25.1 Å². The van der Waals surface area contributed by atoms with E-state index in [1.807, 2.05) is 0 Å². The molecule has 5 nitrogen and oxygen atoms in total. The van der Waals surface area contributed by atoms with Gasteiger partial charge in [0.05, 0.1) is 18.0 Å². The van der Waals surface area contributed by atoms with E-state index >= 15 is 0 Å². The van der Waals surface area contributed by atoms with Crippen LogP contribution in [0.25, 0.3) is 0 Å². The van der Waals surface area contributed by atoms with Crippen LogP contribution >= 0.6 is 0 Å². The lowest BCUT2D eigenvalue weighted by atomic mass is 10.1. The third kappa shape index (κ3) is 2.92. The summed E-state index contributed by atoms with van der Waals surface area (Å²) in [6, 6.07) is 0.620. The summed E-state index contributed by atoms with van der Waals surface area (Å²) in [6.07, 6.45) is 5.51. The quantitative estimate of drug-likeness (QED) is 0.795. The first kappa shape index (κ1) is 13.7. The molecule has 0 spiro atoms. The normalized spacial score (nSPS) is 22.2. The molecule has 1 aliphatic heterocycles. The van der Waals surface area contributed by atoms with Crippen LogP contribution in [0, 0.1) is 5.92 Å². The smallest absolute Gasteiger partial charge is 0.245 e. The second-order valence-corrected chi connectivity index (χ2v) is 5.83. The van der Waals surface area contributed by atoms with Crippen molar-refractivity contribution in [1.29, 1.82) is 0 Å². The number of aromatic nitrogens is 3. The lowest BCUT2D eigenvalue weighted by Crippen LogP contribution is -2.34. The molecule has 1 saturated heterocycles. The van der Waals surface area contributed by atoms with E-state index in [1.165, 1.54) is 12.8 Å². The van der Waals surface area contributed by atoms with Gasteiger partial charge < -0.3 is 9.64 Å². The molecule has 0 aromatic carbocycles. The van der Waals surface area contributed by atoms with E-state index in [-0.39, 0.29) is 0 Å². The molecule has 1 atom stereocenters. The minimum atomic E-state index is 0.620. The average molecular weight is 276 g/mol. The van der Waals surface area contributed by atoms with Gasteiger partial charge in [0.2, 0.25) is 5.95 Å². The summed E-state index contributed by atoms with van der Waals surface area (Å²) < 4.78 is 5.49. The maximum absolute atomic E-state index is 5.49. The fraction of sp³-hybridized carbons (Fsp3) is 0.800. The molecule has 2 aliphatic rings. The van der Waals surface area contributed by atoms with Crippen LogP contribution in [0.3, 0.4) is 0 Å². The maximum atomic E-state index is 5.49. The molecular formula is C15H24N4O. The summed E-state index contributed by atoms with van der Waals surface area (Å²) in [5.41, 5.74) is 2.14. The lowest BCUT2D eigenvalue weighted by molar-refractivity contribution is 0.186. The standard InChI is InChI=1S/C15H24N4O/c1-3-13-14(4-2)17-18-15(16-13)19(12-5-6-12)9-11-7-8-20-10-11/h11-12H,3-10H2,1-2H3. The molecular weight excluding hydrogens is 252 g/mol. The lowest BCUT2D eigenvalue weighted by Gasteiger charge is -2.25. The molecule has 0 bridgehead atoms. The highest BCUT2D eigenvalue weighted by Crippen LogP contribution is 2.31. The predicted octanol–water partition coefficient (Wildman–Crippen LogP) is 2.00. The van der Waals surface area contributed by atoms with Crippen LogP contribution in [-0.4, -0.2) is 41.0 Å². The van der Waals surface area contributed by atoms with Crippen LogP contribution in [0.5, 0.6) is 0 Å². The van der Waals surface area contributed by atoms with E-state index in [4.69, 9.17) is 9.72 Å². The zero-order chi connectivity index (χ0) is 13.9. The van der Waals surface area contributed by atoms with Crippen molar-refractivity contribution >= 4 is 5.95 Å². The van der Waals surface area contributed by atoms with Crippen molar-refractivity contribution in [1.82, 2.24) is 15.2 Å². The van der Waals surface area contributed by atoms with Crippen LogP contribution in [0.2, 0.25) is 0 Å². The van der Waals surface area contributed by atoms with Crippen molar-refractivity contribution in [3.8, 4) is 0 Å². The average Bonchev–Trinajstić information content (AvgIpc) is 3.20. The molecule has 1 unspecified atom stereocenters. The number of hydrogen-bond donors (Lipinski definition) is 0. The first-order valence-electron chi connectivity index (χ1n) is 7.88. The highest BCUT2D eigenvalue weighted by Gasteiger charge is 2.33. The van der Waals surface area contributed by atoms with Crippen LogP contribution < -0.4 is 4.90 Å². The minimum Gasteiger partial charge on any atom is -0.381 e. The van der Waals surface area contributed by atoms with Crippen molar-refractivity contribution in [3.63, 3.8) is 0 Å². The van der Waals surface area contributed by atoms with Gasteiger partial charge in [-0.25, -0.2) is 4.98 Å². The summed E-state index contributed by atoms with van der Waals surface area (Å²) >= 11 is 0. The third-order valence-corrected chi connectivity index (χ3v) is 4.22. The van der Waals surface area contributed by atoms with Crippen molar-refractivity contribution in [2.24, 2.45) is 5.92 Å². The third-order valence-electron chi connectivity index (χ3n) is 4.22. The Morgan fingerprint density at radius 1 is 1.10 bits per heavy atom.